The molecule has 1 aliphatic rings. The van der Waals surface area contributed by atoms with Crippen LogP contribution in [-0.2, 0) is 22.8 Å². The van der Waals surface area contributed by atoms with Gasteiger partial charge in [-0.2, -0.15) is 0 Å². The molecule has 0 amide bonds. The number of nitrogens with two attached hydrogens (primary N) is 1. The normalized spacial score (nSPS) is 14.8. The minimum Gasteiger partial charge on any atom is -0.467 e. The summed E-state index contributed by atoms with van der Waals surface area (Å²) >= 11 is 0. The van der Waals surface area contributed by atoms with Crippen molar-refractivity contribution in [3.8, 4) is 5.75 Å². The highest BCUT2D eigenvalue weighted by atomic mass is 16.7. The van der Waals surface area contributed by atoms with Crippen molar-refractivity contribution in [1.29, 1.82) is 0 Å². The molecule has 0 fully saturated rings. The van der Waals surface area contributed by atoms with Crippen LogP contribution in [0.5, 0.6) is 5.75 Å². The zero-order valence-electron chi connectivity index (χ0n) is 7.16. The van der Waals surface area contributed by atoms with Crippen LogP contribution >= 0.6 is 0 Å². The Morgan fingerprint density at radius 3 is 3.23 bits per heavy atom. The van der Waals surface area contributed by atoms with Crippen LogP contribution in [0.1, 0.15) is 11.1 Å². The summed E-state index contributed by atoms with van der Waals surface area (Å²) in [6, 6.07) is 5.81. The Balaban J connectivity index is 2.24. The largest absolute Gasteiger partial charge is 0.467 e. The fourth-order valence-corrected chi connectivity index (χ4v) is 1.33. The van der Waals surface area contributed by atoms with Gasteiger partial charge in [-0.25, -0.2) is 5.90 Å². The third kappa shape index (κ3) is 1.80. The van der Waals surface area contributed by atoms with Crippen LogP contribution < -0.4 is 10.6 Å². The van der Waals surface area contributed by atoms with Crippen LogP contribution in [0.15, 0.2) is 18.2 Å². The first-order valence-corrected chi connectivity index (χ1v) is 4.04. The highest BCUT2D eigenvalue weighted by Crippen LogP contribution is 2.24. The van der Waals surface area contributed by atoms with E-state index in [1.165, 1.54) is 0 Å². The van der Waals surface area contributed by atoms with Crippen molar-refractivity contribution in [1.82, 2.24) is 0 Å². The number of fused-ring (bicyclic) bond motifs is 1. The maximum atomic E-state index is 5.26. The van der Waals surface area contributed by atoms with Crippen LogP contribution in [0.3, 0.4) is 0 Å². The second kappa shape index (κ2) is 3.74. The molecule has 13 heavy (non-hydrogen) atoms. The first-order valence-electron chi connectivity index (χ1n) is 4.04. The summed E-state index contributed by atoms with van der Waals surface area (Å²) in [6.07, 6.45) is 0. The van der Waals surface area contributed by atoms with Gasteiger partial charge in [-0.15, -0.1) is 0 Å². The second-order valence-corrected chi connectivity index (χ2v) is 2.86. The summed E-state index contributed by atoms with van der Waals surface area (Å²) in [5, 5.41) is 0. The number of ether oxygens (including phenoxy) is 2. The van der Waals surface area contributed by atoms with E-state index >= 15 is 0 Å². The molecule has 70 valence electrons. The third-order valence-electron chi connectivity index (χ3n) is 1.93. The molecule has 0 spiro atoms. The van der Waals surface area contributed by atoms with Crippen molar-refractivity contribution in [3.05, 3.63) is 29.3 Å². The van der Waals surface area contributed by atoms with Gasteiger partial charge in [-0.1, -0.05) is 6.07 Å². The first-order chi connectivity index (χ1) is 6.40. The zero-order valence-corrected chi connectivity index (χ0v) is 7.16. The summed E-state index contributed by atoms with van der Waals surface area (Å²) in [5.41, 5.74) is 2.07. The third-order valence-corrected chi connectivity index (χ3v) is 1.93. The van der Waals surface area contributed by atoms with Crippen LogP contribution in [0.25, 0.3) is 0 Å². The van der Waals surface area contributed by atoms with Crippen LogP contribution in [0.2, 0.25) is 0 Å². The number of benzene rings is 1. The molecular formula is C9H11NO3. The van der Waals surface area contributed by atoms with E-state index in [-0.39, 0.29) is 0 Å². The van der Waals surface area contributed by atoms with Gasteiger partial charge in [0.2, 0.25) is 0 Å². The van der Waals surface area contributed by atoms with Gasteiger partial charge in [0.25, 0.3) is 0 Å². The second-order valence-electron chi connectivity index (χ2n) is 2.86. The van der Waals surface area contributed by atoms with Gasteiger partial charge in [0.05, 0.1) is 13.2 Å². The van der Waals surface area contributed by atoms with E-state index in [4.69, 9.17) is 15.4 Å². The molecule has 2 N–H and O–H groups in total. The lowest BCUT2D eigenvalue weighted by Gasteiger charge is -2.17. The lowest BCUT2D eigenvalue weighted by Crippen LogP contribution is -2.11. The SMILES string of the molecule is NOCc1ccc2c(c1)COCO2. The average molecular weight is 181 g/mol. The molecule has 0 saturated carbocycles. The van der Waals surface area contributed by atoms with Crippen molar-refractivity contribution < 1.29 is 14.3 Å². The lowest BCUT2D eigenvalue weighted by molar-refractivity contribution is -0.0165. The molecule has 0 radical (unpaired) electrons. The number of rotatable bonds is 2. The van der Waals surface area contributed by atoms with Crippen molar-refractivity contribution in [2.24, 2.45) is 5.90 Å². The molecule has 1 aromatic rings. The van der Waals surface area contributed by atoms with Gasteiger partial charge in [-0.3, -0.25) is 4.84 Å². The highest BCUT2D eigenvalue weighted by molar-refractivity contribution is 5.37. The predicted molar refractivity (Wildman–Crippen MR) is 45.7 cm³/mol. The monoisotopic (exact) mass is 181 g/mol. The fraction of sp³-hybridized carbons (Fsp3) is 0.333. The minimum atomic E-state index is 0.333. The molecule has 0 atom stereocenters. The Bertz CT molecular complexity index is 301. The maximum absolute atomic E-state index is 5.26. The molecular weight excluding hydrogens is 170 g/mol. The molecule has 0 aromatic heterocycles. The molecule has 4 heteroatoms. The van der Waals surface area contributed by atoms with Crippen LogP contribution in [-0.4, -0.2) is 6.79 Å². The van der Waals surface area contributed by atoms with Crippen molar-refractivity contribution in [2.75, 3.05) is 6.79 Å². The molecule has 0 aliphatic carbocycles. The van der Waals surface area contributed by atoms with Crippen molar-refractivity contribution >= 4 is 0 Å². The van der Waals surface area contributed by atoms with E-state index in [9.17, 15) is 0 Å². The summed E-state index contributed by atoms with van der Waals surface area (Å²) in [7, 11) is 0. The predicted octanol–water partition coefficient (Wildman–Crippen LogP) is 0.943. The maximum Gasteiger partial charge on any atom is 0.189 e. The number of hydrogen-bond donors (Lipinski definition) is 1. The van der Waals surface area contributed by atoms with Gasteiger partial charge in [0.1, 0.15) is 5.75 Å². The van der Waals surface area contributed by atoms with E-state index in [1.54, 1.807) is 0 Å². The van der Waals surface area contributed by atoms with Crippen LogP contribution in [0.4, 0.5) is 0 Å². The van der Waals surface area contributed by atoms with E-state index in [0.717, 1.165) is 16.9 Å². The van der Waals surface area contributed by atoms with Crippen molar-refractivity contribution in [3.63, 3.8) is 0 Å². The van der Waals surface area contributed by atoms with Crippen LogP contribution in [0, 0.1) is 0 Å². The van der Waals surface area contributed by atoms with E-state index in [2.05, 4.69) is 4.84 Å². The molecule has 1 heterocycles. The summed E-state index contributed by atoms with van der Waals surface area (Å²) in [4.78, 5) is 4.54. The molecule has 2 rings (SSSR count). The lowest BCUT2D eigenvalue weighted by atomic mass is 10.1. The topological polar surface area (TPSA) is 53.7 Å². The molecule has 0 saturated heterocycles. The Labute approximate surface area is 76.2 Å². The standard InChI is InChI=1S/C9H11NO3/c10-13-4-7-1-2-9-8(3-7)5-11-6-12-9/h1-3H,4-6,10H2. The Morgan fingerprint density at radius 1 is 1.46 bits per heavy atom. The fourth-order valence-electron chi connectivity index (χ4n) is 1.33. The molecule has 1 aromatic carbocycles. The smallest absolute Gasteiger partial charge is 0.189 e. The van der Waals surface area contributed by atoms with E-state index < -0.39 is 0 Å². The Morgan fingerprint density at radius 2 is 2.38 bits per heavy atom. The Kier molecular flexibility index (Phi) is 2.44. The average Bonchev–Trinajstić information content (AvgIpc) is 2.18. The highest BCUT2D eigenvalue weighted by Gasteiger charge is 2.10. The molecule has 4 nitrogen and oxygen atoms in total. The van der Waals surface area contributed by atoms with E-state index in [1.807, 2.05) is 18.2 Å². The molecule has 0 unspecified atom stereocenters. The van der Waals surface area contributed by atoms with E-state index in [0.29, 0.717) is 20.0 Å². The van der Waals surface area contributed by atoms with Crippen molar-refractivity contribution in [2.45, 2.75) is 13.2 Å². The first kappa shape index (κ1) is 8.50. The Hall–Kier alpha value is -1.10. The van der Waals surface area contributed by atoms with Gasteiger partial charge in [0.15, 0.2) is 6.79 Å². The summed E-state index contributed by atoms with van der Waals surface area (Å²) in [6.45, 7) is 1.33. The quantitative estimate of drug-likeness (QED) is 0.690. The zero-order chi connectivity index (χ0) is 9.10. The van der Waals surface area contributed by atoms with Gasteiger partial charge >= 0.3 is 0 Å². The van der Waals surface area contributed by atoms with Gasteiger partial charge in [-0.05, 0) is 17.7 Å². The summed E-state index contributed by atoms with van der Waals surface area (Å²) < 4.78 is 10.4. The van der Waals surface area contributed by atoms with Gasteiger partial charge in [0, 0.05) is 5.56 Å². The molecule has 1 aliphatic heterocycles. The molecule has 0 bridgehead atoms. The minimum absolute atomic E-state index is 0.333. The summed E-state index contributed by atoms with van der Waals surface area (Å²) in [5.74, 6) is 5.86. The van der Waals surface area contributed by atoms with Gasteiger partial charge < -0.3 is 9.47 Å². The number of hydrogen-bond acceptors (Lipinski definition) is 4.